The van der Waals surface area contributed by atoms with Crippen LogP contribution in [0.3, 0.4) is 0 Å². The van der Waals surface area contributed by atoms with Crippen LogP contribution in [0.15, 0.2) is 18.2 Å². The topological polar surface area (TPSA) is 35.2 Å². The number of fused-ring (bicyclic) bond motifs is 1. The minimum Gasteiger partial charge on any atom is -0.491 e. The van der Waals surface area contributed by atoms with Crippen LogP contribution in [0.25, 0.3) is 0 Å². The van der Waals surface area contributed by atoms with Gasteiger partial charge in [-0.25, -0.2) is 0 Å². The molecule has 1 atom stereocenters. The zero-order valence-corrected chi connectivity index (χ0v) is 8.13. The number of nitrogens with two attached hydrogens (primary N) is 1. The van der Waals surface area contributed by atoms with E-state index in [9.17, 15) is 0 Å². The van der Waals surface area contributed by atoms with Gasteiger partial charge in [0.25, 0.3) is 0 Å². The molecular weight excluding hydrogens is 162 g/mol. The van der Waals surface area contributed by atoms with E-state index >= 15 is 0 Å². The first-order valence-electron chi connectivity index (χ1n) is 4.59. The molecule has 0 saturated heterocycles. The van der Waals surface area contributed by atoms with Crippen molar-refractivity contribution in [3.05, 3.63) is 29.3 Å². The van der Waals surface area contributed by atoms with Crippen LogP contribution in [0.4, 0.5) is 0 Å². The van der Waals surface area contributed by atoms with E-state index in [1.165, 1.54) is 11.1 Å². The van der Waals surface area contributed by atoms with E-state index < -0.39 is 0 Å². The maximum atomic E-state index is 6.04. The summed E-state index contributed by atoms with van der Waals surface area (Å²) in [5.41, 5.74) is 8.36. The predicted molar refractivity (Wildman–Crippen MR) is 53.0 cm³/mol. The number of benzene rings is 1. The number of hydrogen-bond donors (Lipinski definition) is 1. The van der Waals surface area contributed by atoms with Crippen LogP contribution >= 0.6 is 0 Å². The summed E-state index contributed by atoms with van der Waals surface area (Å²) < 4.78 is 5.59. The van der Waals surface area contributed by atoms with E-state index in [4.69, 9.17) is 10.5 Å². The Bertz CT molecular complexity index is 331. The van der Waals surface area contributed by atoms with Crippen LogP contribution in [0, 0.1) is 6.92 Å². The summed E-state index contributed by atoms with van der Waals surface area (Å²) in [6, 6.07) is 6.13. The molecule has 2 N–H and O–H groups in total. The predicted octanol–water partition coefficient (Wildman–Crippen LogP) is 1.65. The first-order valence-corrected chi connectivity index (χ1v) is 4.59. The molecule has 0 aromatic heterocycles. The lowest BCUT2D eigenvalue weighted by Crippen LogP contribution is -2.47. The Morgan fingerprint density at radius 1 is 1.46 bits per heavy atom. The summed E-state index contributed by atoms with van der Waals surface area (Å²) in [5.74, 6) is 1.00. The summed E-state index contributed by atoms with van der Waals surface area (Å²) >= 11 is 0. The summed E-state index contributed by atoms with van der Waals surface area (Å²) in [7, 11) is 0. The molecule has 0 bridgehead atoms. The van der Waals surface area contributed by atoms with Crippen LogP contribution in [0.2, 0.25) is 0 Å². The van der Waals surface area contributed by atoms with Crippen molar-refractivity contribution in [3.8, 4) is 5.75 Å². The molecule has 0 spiro atoms. The van der Waals surface area contributed by atoms with Gasteiger partial charge in [-0.15, -0.1) is 0 Å². The van der Waals surface area contributed by atoms with Crippen molar-refractivity contribution >= 4 is 0 Å². The molecule has 0 radical (unpaired) electrons. The molecule has 1 aromatic rings. The van der Waals surface area contributed by atoms with Crippen molar-refractivity contribution in [2.45, 2.75) is 25.8 Å². The molecule has 2 nitrogen and oxygen atoms in total. The van der Waals surface area contributed by atoms with Gasteiger partial charge in [0.1, 0.15) is 12.4 Å². The third kappa shape index (κ3) is 1.54. The van der Waals surface area contributed by atoms with Crippen molar-refractivity contribution in [1.29, 1.82) is 0 Å². The van der Waals surface area contributed by atoms with Crippen molar-refractivity contribution in [3.63, 3.8) is 0 Å². The highest BCUT2D eigenvalue weighted by atomic mass is 16.5. The molecule has 13 heavy (non-hydrogen) atoms. The number of hydrogen-bond acceptors (Lipinski definition) is 2. The van der Waals surface area contributed by atoms with E-state index in [0.29, 0.717) is 6.61 Å². The minimum atomic E-state index is -0.209. The Kier molecular flexibility index (Phi) is 1.81. The van der Waals surface area contributed by atoms with Crippen LogP contribution < -0.4 is 10.5 Å². The van der Waals surface area contributed by atoms with E-state index in [0.717, 1.165) is 12.2 Å². The molecule has 0 amide bonds. The molecule has 1 heterocycles. The quantitative estimate of drug-likeness (QED) is 0.654. The molecule has 2 heteroatoms. The molecule has 0 fully saturated rings. The van der Waals surface area contributed by atoms with E-state index in [2.05, 4.69) is 13.0 Å². The first kappa shape index (κ1) is 8.57. The Morgan fingerprint density at radius 2 is 2.23 bits per heavy atom. The molecule has 70 valence electrons. The van der Waals surface area contributed by atoms with Gasteiger partial charge in [-0.05, 0) is 37.5 Å². The third-order valence-corrected chi connectivity index (χ3v) is 2.51. The van der Waals surface area contributed by atoms with Gasteiger partial charge in [0.05, 0.1) is 5.54 Å². The van der Waals surface area contributed by atoms with Gasteiger partial charge < -0.3 is 10.5 Å². The lowest BCUT2D eigenvalue weighted by Gasteiger charge is -2.32. The zero-order valence-electron chi connectivity index (χ0n) is 8.13. The summed E-state index contributed by atoms with van der Waals surface area (Å²) in [5, 5.41) is 0. The standard InChI is InChI=1S/C11H15NO/c1-8-4-3-5-10-9(8)6-11(2,12)7-13-10/h3-5H,6-7,12H2,1-2H3. The Labute approximate surface area is 78.7 Å². The van der Waals surface area contributed by atoms with Crippen LogP contribution in [-0.4, -0.2) is 12.1 Å². The van der Waals surface area contributed by atoms with Gasteiger partial charge in [0.15, 0.2) is 0 Å². The largest absolute Gasteiger partial charge is 0.491 e. The molecule has 1 aromatic carbocycles. The normalized spacial score (nSPS) is 26.4. The van der Waals surface area contributed by atoms with Crippen molar-refractivity contribution in [2.75, 3.05) is 6.61 Å². The smallest absolute Gasteiger partial charge is 0.122 e. The van der Waals surface area contributed by atoms with E-state index in [1.807, 2.05) is 19.1 Å². The van der Waals surface area contributed by atoms with Gasteiger partial charge in [-0.2, -0.15) is 0 Å². The zero-order chi connectivity index (χ0) is 9.47. The van der Waals surface area contributed by atoms with Crippen LogP contribution in [0.5, 0.6) is 5.75 Å². The summed E-state index contributed by atoms with van der Waals surface area (Å²) in [6.07, 6.45) is 0.912. The second-order valence-electron chi connectivity index (χ2n) is 4.17. The van der Waals surface area contributed by atoms with Gasteiger partial charge in [-0.3, -0.25) is 0 Å². The van der Waals surface area contributed by atoms with Crippen molar-refractivity contribution in [1.82, 2.24) is 0 Å². The average Bonchev–Trinajstić information content (AvgIpc) is 2.06. The number of ether oxygens (including phenoxy) is 1. The fourth-order valence-electron chi connectivity index (χ4n) is 1.73. The van der Waals surface area contributed by atoms with Gasteiger partial charge >= 0.3 is 0 Å². The van der Waals surface area contributed by atoms with E-state index in [-0.39, 0.29) is 5.54 Å². The average molecular weight is 177 g/mol. The SMILES string of the molecule is Cc1cccc2c1CC(C)(N)CO2. The lowest BCUT2D eigenvalue weighted by molar-refractivity contribution is 0.204. The summed E-state index contributed by atoms with van der Waals surface area (Å²) in [4.78, 5) is 0. The third-order valence-electron chi connectivity index (χ3n) is 2.51. The highest BCUT2D eigenvalue weighted by Crippen LogP contribution is 2.30. The number of rotatable bonds is 0. The summed E-state index contributed by atoms with van der Waals surface area (Å²) in [6.45, 7) is 4.75. The fraction of sp³-hybridized carbons (Fsp3) is 0.455. The highest BCUT2D eigenvalue weighted by molar-refractivity contribution is 5.42. The first-order chi connectivity index (χ1) is 6.08. The molecule has 0 aliphatic carbocycles. The van der Waals surface area contributed by atoms with Gasteiger partial charge in [-0.1, -0.05) is 12.1 Å². The molecule has 1 unspecified atom stereocenters. The Hall–Kier alpha value is -1.02. The van der Waals surface area contributed by atoms with E-state index in [1.54, 1.807) is 0 Å². The minimum absolute atomic E-state index is 0.209. The van der Waals surface area contributed by atoms with Gasteiger partial charge in [0, 0.05) is 0 Å². The molecule has 1 aliphatic heterocycles. The second-order valence-corrected chi connectivity index (χ2v) is 4.17. The van der Waals surface area contributed by atoms with Crippen LogP contribution in [-0.2, 0) is 6.42 Å². The van der Waals surface area contributed by atoms with Crippen molar-refractivity contribution < 1.29 is 4.74 Å². The maximum Gasteiger partial charge on any atom is 0.122 e. The fourth-order valence-corrected chi connectivity index (χ4v) is 1.73. The van der Waals surface area contributed by atoms with Crippen LogP contribution in [0.1, 0.15) is 18.1 Å². The molecule has 0 saturated carbocycles. The van der Waals surface area contributed by atoms with Crippen molar-refractivity contribution in [2.24, 2.45) is 5.73 Å². The molecule has 1 aliphatic rings. The highest BCUT2D eigenvalue weighted by Gasteiger charge is 2.27. The second kappa shape index (κ2) is 2.74. The number of aryl methyl sites for hydroxylation is 1. The monoisotopic (exact) mass is 177 g/mol. The van der Waals surface area contributed by atoms with Gasteiger partial charge in [0.2, 0.25) is 0 Å². The maximum absolute atomic E-state index is 6.04. The molecular formula is C11H15NO. The Balaban J connectivity index is 2.44. The lowest BCUT2D eigenvalue weighted by atomic mass is 9.89. The molecule has 2 rings (SSSR count). The Morgan fingerprint density at radius 3 is 3.00 bits per heavy atom.